The Morgan fingerprint density at radius 2 is 2.00 bits per heavy atom. The molecule has 0 amide bonds. The summed E-state index contributed by atoms with van der Waals surface area (Å²) in [5.74, 6) is -5.90. The van der Waals surface area contributed by atoms with Crippen molar-refractivity contribution in [1.82, 2.24) is 15.0 Å². The molecule has 0 bridgehead atoms. The predicted octanol–water partition coefficient (Wildman–Crippen LogP) is 2.47. The number of hydrogen-bond acceptors (Lipinski definition) is 3. The molecule has 2 rings (SSSR count). The third-order valence-corrected chi connectivity index (χ3v) is 2.66. The van der Waals surface area contributed by atoms with Crippen molar-refractivity contribution >= 4 is 5.97 Å². The van der Waals surface area contributed by atoms with Gasteiger partial charge in [-0.25, -0.2) is 22.6 Å². The summed E-state index contributed by atoms with van der Waals surface area (Å²) in [7, 11) is 0. The highest BCUT2D eigenvalue weighted by molar-refractivity contribution is 5.92. The van der Waals surface area contributed by atoms with Crippen LogP contribution in [0, 0.1) is 17.5 Å². The van der Waals surface area contributed by atoms with Gasteiger partial charge in [0.25, 0.3) is 0 Å². The zero-order valence-electron chi connectivity index (χ0n) is 10.4. The molecule has 5 nitrogen and oxygen atoms in total. The van der Waals surface area contributed by atoms with Gasteiger partial charge in [0.05, 0.1) is 0 Å². The van der Waals surface area contributed by atoms with Crippen molar-refractivity contribution in [3.63, 3.8) is 0 Å². The van der Waals surface area contributed by atoms with Crippen molar-refractivity contribution in [2.24, 2.45) is 0 Å². The second-order valence-corrected chi connectivity index (χ2v) is 4.04. The summed E-state index contributed by atoms with van der Waals surface area (Å²) in [5.41, 5.74) is -1.08. The van der Waals surface area contributed by atoms with Gasteiger partial charge < -0.3 is 5.11 Å². The molecule has 0 spiro atoms. The van der Waals surface area contributed by atoms with E-state index < -0.39 is 29.1 Å². The summed E-state index contributed by atoms with van der Waals surface area (Å²) in [5, 5.41) is 16.1. The van der Waals surface area contributed by atoms with Gasteiger partial charge in [-0.2, -0.15) is 0 Å². The lowest BCUT2D eigenvalue weighted by atomic mass is 10.1. The molecule has 0 aliphatic rings. The summed E-state index contributed by atoms with van der Waals surface area (Å²) in [6.07, 6.45) is 0.584. The number of carbonyl (C=O) groups is 1. The molecule has 0 radical (unpaired) electrons. The zero-order valence-corrected chi connectivity index (χ0v) is 10.4. The van der Waals surface area contributed by atoms with E-state index in [0.29, 0.717) is 6.42 Å². The molecule has 0 aliphatic heterocycles. The number of benzene rings is 1. The monoisotopic (exact) mass is 285 g/mol. The van der Waals surface area contributed by atoms with Gasteiger partial charge in [-0.1, -0.05) is 12.1 Å². The molecule has 0 fully saturated rings. The molecule has 2 aromatic rings. The summed E-state index contributed by atoms with van der Waals surface area (Å²) in [6, 6.07) is 1.69. The fraction of sp³-hybridized carbons (Fsp3) is 0.250. The van der Waals surface area contributed by atoms with Crippen molar-refractivity contribution in [2.45, 2.75) is 19.9 Å². The van der Waals surface area contributed by atoms with Crippen LogP contribution in [0.15, 0.2) is 12.1 Å². The highest BCUT2D eigenvalue weighted by Crippen LogP contribution is 2.28. The maximum atomic E-state index is 13.8. The molecule has 106 valence electrons. The van der Waals surface area contributed by atoms with E-state index in [9.17, 15) is 18.0 Å². The number of carboxylic acids is 1. The van der Waals surface area contributed by atoms with Gasteiger partial charge in [0.15, 0.2) is 23.1 Å². The lowest BCUT2D eigenvalue weighted by molar-refractivity contribution is 0.0691. The summed E-state index contributed by atoms with van der Waals surface area (Å²) >= 11 is 0. The van der Waals surface area contributed by atoms with Gasteiger partial charge in [-0.15, -0.1) is 5.10 Å². The average Bonchev–Trinajstić information content (AvgIpc) is 2.81. The fourth-order valence-electron chi connectivity index (χ4n) is 1.80. The Hall–Kier alpha value is -2.38. The molecular weight excluding hydrogens is 275 g/mol. The van der Waals surface area contributed by atoms with Crippen LogP contribution in [0.3, 0.4) is 0 Å². The van der Waals surface area contributed by atoms with Gasteiger partial charge in [-0.3, -0.25) is 0 Å². The minimum absolute atomic E-state index is 0.184. The predicted molar refractivity (Wildman–Crippen MR) is 62.6 cm³/mol. The molecule has 8 heteroatoms. The van der Waals surface area contributed by atoms with Gasteiger partial charge in [0, 0.05) is 12.1 Å². The van der Waals surface area contributed by atoms with Crippen molar-refractivity contribution in [1.29, 1.82) is 0 Å². The van der Waals surface area contributed by atoms with E-state index in [1.54, 1.807) is 6.92 Å². The minimum Gasteiger partial charge on any atom is -0.476 e. The minimum atomic E-state index is -1.66. The Morgan fingerprint density at radius 1 is 1.30 bits per heavy atom. The summed E-state index contributed by atoms with van der Waals surface area (Å²) in [4.78, 5) is 11.1. The molecule has 0 atom stereocenters. The number of hydrogen-bond donors (Lipinski definition) is 1. The number of nitrogens with zero attached hydrogens (tertiary/aromatic N) is 3. The number of halogens is 3. The van der Waals surface area contributed by atoms with Crippen LogP contribution in [-0.4, -0.2) is 26.1 Å². The van der Waals surface area contributed by atoms with Gasteiger partial charge in [-0.05, 0) is 18.6 Å². The molecule has 20 heavy (non-hydrogen) atoms. The normalized spacial score (nSPS) is 10.8. The highest BCUT2D eigenvalue weighted by atomic mass is 19.2. The molecule has 0 unspecified atom stereocenters. The Bertz CT molecular complexity index is 670. The Labute approximate surface area is 111 Å². The van der Waals surface area contributed by atoms with Crippen LogP contribution in [0.4, 0.5) is 13.2 Å². The quantitative estimate of drug-likeness (QED) is 0.876. The van der Waals surface area contributed by atoms with E-state index in [1.165, 1.54) is 0 Å². The third kappa shape index (κ3) is 2.24. The SMILES string of the molecule is CCCn1nnc(C(=O)O)c1-c1ccc(F)c(F)c1F. The van der Waals surface area contributed by atoms with E-state index in [4.69, 9.17) is 5.11 Å². The second kappa shape index (κ2) is 5.32. The smallest absolute Gasteiger partial charge is 0.358 e. The number of aromatic nitrogens is 3. The van der Waals surface area contributed by atoms with Crippen LogP contribution in [0.25, 0.3) is 11.3 Å². The standard InChI is InChI=1S/C12H10F3N3O2/c1-2-5-18-11(10(12(19)20)16-17-18)6-3-4-7(13)9(15)8(6)14/h3-4H,2,5H2,1H3,(H,19,20). The van der Waals surface area contributed by atoms with Crippen LogP contribution in [0.2, 0.25) is 0 Å². The number of carboxylic acid groups (broad SMARTS) is 1. The maximum absolute atomic E-state index is 13.8. The van der Waals surface area contributed by atoms with E-state index in [0.717, 1.165) is 16.8 Å². The largest absolute Gasteiger partial charge is 0.476 e. The van der Waals surface area contributed by atoms with E-state index in [1.807, 2.05) is 0 Å². The van der Waals surface area contributed by atoms with Crippen molar-refractivity contribution in [3.05, 3.63) is 35.3 Å². The summed E-state index contributed by atoms with van der Waals surface area (Å²) < 4.78 is 41.2. The third-order valence-electron chi connectivity index (χ3n) is 2.66. The lowest BCUT2D eigenvalue weighted by Gasteiger charge is -2.08. The van der Waals surface area contributed by atoms with Crippen LogP contribution >= 0.6 is 0 Å². The second-order valence-electron chi connectivity index (χ2n) is 4.04. The molecule has 1 N–H and O–H groups in total. The van der Waals surface area contributed by atoms with Crippen LogP contribution in [-0.2, 0) is 6.54 Å². The molecular formula is C12H10F3N3O2. The highest BCUT2D eigenvalue weighted by Gasteiger charge is 2.25. The first-order valence-electron chi connectivity index (χ1n) is 5.78. The Balaban J connectivity index is 2.70. The van der Waals surface area contributed by atoms with Crippen LogP contribution in [0.5, 0.6) is 0 Å². The molecule has 1 heterocycles. The number of aryl methyl sites for hydroxylation is 1. The van der Waals surface area contributed by atoms with Crippen molar-refractivity contribution < 1.29 is 23.1 Å². The topological polar surface area (TPSA) is 68.0 Å². The molecule has 0 saturated carbocycles. The van der Waals surface area contributed by atoms with Crippen LogP contribution < -0.4 is 0 Å². The first-order valence-corrected chi connectivity index (χ1v) is 5.78. The molecule has 0 aliphatic carbocycles. The van der Waals surface area contributed by atoms with Gasteiger partial charge in [0.1, 0.15) is 5.69 Å². The van der Waals surface area contributed by atoms with E-state index in [-0.39, 0.29) is 17.8 Å². The molecule has 0 saturated heterocycles. The van der Waals surface area contributed by atoms with Crippen LogP contribution in [0.1, 0.15) is 23.8 Å². The maximum Gasteiger partial charge on any atom is 0.358 e. The van der Waals surface area contributed by atoms with E-state index >= 15 is 0 Å². The summed E-state index contributed by atoms with van der Waals surface area (Å²) in [6.45, 7) is 2.07. The first-order chi connectivity index (χ1) is 9.47. The first kappa shape index (κ1) is 14.0. The number of aromatic carboxylic acids is 1. The van der Waals surface area contributed by atoms with Crippen molar-refractivity contribution in [2.75, 3.05) is 0 Å². The average molecular weight is 285 g/mol. The van der Waals surface area contributed by atoms with Gasteiger partial charge >= 0.3 is 5.97 Å². The fourth-order valence-corrected chi connectivity index (χ4v) is 1.80. The molecule has 1 aromatic carbocycles. The zero-order chi connectivity index (χ0) is 14.9. The Kier molecular flexibility index (Phi) is 3.73. The number of rotatable bonds is 4. The Morgan fingerprint density at radius 3 is 2.60 bits per heavy atom. The van der Waals surface area contributed by atoms with Crippen molar-refractivity contribution in [3.8, 4) is 11.3 Å². The van der Waals surface area contributed by atoms with Gasteiger partial charge in [0.2, 0.25) is 0 Å². The van der Waals surface area contributed by atoms with E-state index in [2.05, 4.69) is 10.3 Å². The lowest BCUT2D eigenvalue weighted by Crippen LogP contribution is -2.07. The molecule has 1 aromatic heterocycles.